The number of piperidine rings is 1. The zero-order valence-corrected chi connectivity index (χ0v) is 11.3. The lowest BCUT2D eigenvalue weighted by molar-refractivity contribution is -0.121. The third-order valence-corrected chi connectivity index (χ3v) is 3.34. The Morgan fingerprint density at radius 1 is 1.35 bits per heavy atom. The topological polar surface area (TPSA) is 58.6 Å². The van der Waals surface area contributed by atoms with Gasteiger partial charge in [-0.15, -0.1) is 0 Å². The van der Waals surface area contributed by atoms with Crippen molar-refractivity contribution in [1.82, 2.24) is 4.90 Å². The molecule has 0 saturated carbocycles. The van der Waals surface area contributed by atoms with E-state index in [1.807, 2.05) is 0 Å². The normalized spacial score (nSPS) is 18.5. The van der Waals surface area contributed by atoms with Crippen molar-refractivity contribution in [2.24, 2.45) is 5.92 Å². The number of nitrogens with zero attached hydrogens (tertiary/aromatic N) is 1. The molecule has 1 unspecified atom stereocenters. The van der Waals surface area contributed by atoms with Crippen molar-refractivity contribution in [2.45, 2.75) is 12.8 Å². The van der Waals surface area contributed by atoms with E-state index in [1.165, 1.54) is 36.3 Å². The summed E-state index contributed by atoms with van der Waals surface area (Å²) in [5.41, 5.74) is 0.548. The fourth-order valence-corrected chi connectivity index (χ4v) is 2.26. The van der Waals surface area contributed by atoms with Crippen LogP contribution < -0.4 is 5.32 Å². The monoisotopic (exact) mass is 280 g/mol. The Bertz CT molecular complexity index is 490. The molecule has 0 aromatic heterocycles. The van der Waals surface area contributed by atoms with Crippen molar-refractivity contribution in [1.29, 1.82) is 0 Å². The number of ether oxygens (including phenoxy) is 1. The van der Waals surface area contributed by atoms with E-state index < -0.39 is 6.09 Å². The Morgan fingerprint density at radius 3 is 2.70 bits per heavy atom. The van der Waals surface area contributed by atoms with Crippen LogP contribution in [0.4, 0.5) is 14.9 Å². The summed E-state index contributed by atoms with van der Waals surface area (Å²) in [7, 11) is 1.32. The van der Waals surface area contributed by atoms with Gasteiger partial charge in [0.15, 0.2) is 0 Å². The Morgan fingerprint density at radius 2 is 2.05 bits per heavy atom. The number of halogens is 1. The molecular formula is C14H17FN2O3. The second-order valence-corrected chi connectivity index (χ2v) is 4.75. The fraction of sp³-hybridized carbons (Fsp3) is 0.429. The molecule has 108 valence electrons. The molecule has 5 nitrogen and oxygen atoms in total. The molecule has 1 atom stereocenters. The van der Waals surface area contributed by atoms with Crippen LogP contribution in [0.5, 0.6) is 0 Å². The maximum Gasteiger partial charge on any atom is 0.409 e. The van der Waals surface area contributed by atoms with Crippen molar-refractivity contribution >= 4 is 17.7 Å². The number of rotatable bonds is 2. The number of carbonyl (C=O) groups excluding carboxylic acids is 2. The van der Waals surface area contributed by atoms with E-state index in [9.17, 15) is 14.0 Å². The number of benzene rings is 1. The minimum Gasteiger partial charge on any atom is -0.453 e. The Kier molecular flexibility index (Phi) is 4.55. The number of methoxy groups -OCH3 is 1. The third kappa shape index (κ3) is 3.46. The highest BCUT2D eigenvalue weighted by Gasteiger charge is 2.28. The lowest BCUT2D eigenvalue weighted by atomic mass is 9.97. The summed E-state index contributed by atoms with van der Waals surface area (Å²) >= 11 is 0. The first kappa shape index (κ1) is 14.3. The molecule has 1 fully saturated rings. The first-order chi connectivity index (χ1) is 9.60. The predicted octanol–water partition coefficient (Wildman–Crippen LogP) is 2.24. The van der Waals surface area contributed by atoms with Gasteiger partial charge in [-0.1, -0.05) is 0 Å². The van der Waals surface area contributed by atoms with Gasteiger partial charge >= 0.3 is 6.09 Å². The van der Waals surface area contributed by atoms with Gasteiger partial charge in [-0.3, -0.25) is 4.79 Å². The standard InChI is InChI=1S/C14H17FN2O3/c1-20-14(19)17-8-2-3-10(9-17)13(18)16-12-6-4-11(15)5-7-12/h4-7,10H,2-3,8-9H2,1H3,(H,16,18). The van der Waals surface area contributed by atoms with Crippen LogP contribution in [-0.2, 0) is 9.53 Å². The molecule has 1 aromatic rings. The zero-order chi connectivity index (χ0) is 14.5. The van der Waals surface area contributed by atoms with E-state index in [-0.39, 0.29) is 17.6 Å². The van der Waals surface area contributed by atoms with Crippen molar-refractivity contribution in [3.8, 4) is 0 Å². The van der Waals surface area contributed by atoms with Crippen LogP contribution in [-0.4, -0.2) is 37.1 Å². The summed E-state index contributed by atoms with van der Waals surface area (Å²) < 4.78 is 17.4. The number of carbonyl (C=O) groups is 2. The highest BCUT2D eigenvalue weighted by molar-refractivity contribution is 5.93. The SMILES string of the molecule is COC(=O)N1CCCC(C(=O)Nc2ccc(F)cc2)C1. The molecule has 0 bridgehead atoms. The van der Waals surface area contributed by atoms with Crippen LogP contribution >= 0.6 is 0 Å². The molecule has 0 radical (unpaired) electrons. The largest absolute Gasteiger partial charge is 0.453 e. The minimum absolute atomic E-state index is 0.162. The van der Waals surface area contributed by atoms with Crippen molar-refractivity contribution < 1.29 is 18.7 Å². The quantitative estimate of drug-likeness (QED) is 0.904. The summed E-state index contributed by atoms with van der Waals surface area (Å²) in [5.74, 6) is -0.782. The first-order valence-corrected chi connectivity index (χ1v) is 6.49. The van der Waals surface area contributed by atoms with Gasteiger partial charge in [0.25, 0.3) is 0 Å². The van der Waals surface area contributed by atoms with Crippen LogP contribution in [0, 0.1) is 11.7 Å². The number of likely N-dealkylation sites (tertiary alicyclic amines) is 1. The smallest absolute Gasteiger partial charge is 0.409 e. The maximum absolute atomic E-state index is 12.8. The summed E-state index contributed by atoms with van der Waals surface area (Å²) in [6.07, 6.45) is 1.07. The predicted molar refractivity (Wildman–Crippen MR) is 71.7 cm³/mol. The summed E-state index contributed by atoms with van der Waals surface area (Å²) in [6.45, 7) is 0.951. The van der Waals surface area contributed by atoms with E-state index >= 15 is 0 Å². The highest BCUT2D eigenvalue weighted by atomic mass is 19.1. The molecule has 1 aliphatic heterocycles. The Balaban J connectivity index is 1.95. The molecule has 1 saturated heterocycles. The van der Waals surface area contributed by atoms with Gasteiger partial charge < -0.3 is 15.0 Å². The average Bonchev–Trinajstić information content (AvgIpc) is 2.49. The van der Waals surface area contributed by atoms with Crippen LogP contribution in [0.15, 0.2) is 24.3 Å². The number of hydrogen-bond donors (Lipinski definition) is 1. The van der Waals surface area contributed by atoms with Gasteiger partial charge in [-0.2, -0.15) is 0 Å². The van der Waals surface area contributed by atoms with Gasteiger partial charge in [0.05, 0.1) is 13.0 Å². The van der Waals surface area contributed by atoms with Gasteiger partial charge in [0.2, 0.25) is 5.91 Å². The fourth-order valence-electron chi connectivity index (χ4n) is 2.26. The van der Waals surface area contributed by atoms with E-state index in [0.717, 1.165) is 12.8 Å². The van der Waals surface area contributed by atoms with Crippen LogP contribution in [0.2, 0.25) is 0 Å². The maximum atomic E-state index is 12.8. The van der Waals surface area contributed by atoms with Gasteiger partial charge in [-0.25, -0.2) is 9.18 Å². The van der Waals surface area contributed by atoms with E-state index in [1.54, 1.807) is 0 Å². The van der Waals surface area contributed by atoms with Gasteiger partial charge in [0, 0.05) is 18.8 Å². The molecule has 1 aromatic carbocycles. The Labute approximate surface area is 116 Å². The van der Waals surface area contributed by atoms with E-state index in [2.05, 4.69) is 10.1 Å². The van der Waals surface area contributed by atoms with Gasteiger partial charge in [-0.05, 0) is 37.1 Å². The first-order valence-electron chi connectivity index (χ1n) is 6.49. The summed E-state index contributed by atoms with van der Waals surface area (Å²) in [4.78, 5) is 25.1. The van der Waals surface area contributed by atoms with E-state index in [0.29, 0.717) is 18.8 Å². The molecule has 6 heteroatoms. The van der Waals surface area contributed by atoms with Crippen LogP contribution in [0.25, 0.3) is 0 Å². The molecule has 1 heterocycles. The third-order valence-electron chi connectivity index (χ3n) is 3.34. The molecule has 2 rings (SSSR count). The number of nitrogens with one attached hydrogen (secondary N) is 1. The summed E-state index contributed by atoms with van der Waals surface area (Å²) in [5, 5.41) is 2.73. The average molecular weight is 280 g/mol. The van der Waals surface area contributed by atoms with Crippen LogP contribution in [0.1, 0.15) is 12.8 Å². The molecule has 0 aliphatic carbocycles. The molecule has 2 amide bonds. The molecule has 0 spiro atoms. The Hall–Kier alpha value is -2.11. The number of anilines is 1. The highest BCUT2D eigenvalue weighted by Crippen LogP contribution is 2.19. The van der Waals surface area contributed by atoms with Crippen molar-refractivity contribution in [3.63, 3.8) is 0 Å². The number of amides is 2. The summed E-state index contributed by atoms with van der Waals surface area (Å²) in [6, 6.07) is 5.59. The molecule has 1 aliphatic rings. The van der Waals surface area contributed by atoms with Crippen molar-refractivity contribution in [3.05, 3.63) is 30.1 Å². The minimum atomic E-state index is -0.413. The molecule has 20 heavy (non-hydrogen) atoms. The molecule has 1 N–H and O–H groups in total. The zero-order valence-electron chi connectivity index (χ0n) is 11.3. The van der Waals surface area contributed by atoms with E-state index in [4.69, 9.17) is 0 Å². The van der Waals surface area contributed by atoms with Crippen LogP contribution in [0.3, 0.4) is 0 Å². The lowest BCUT2D eigenvalue weighted by Crippen LogP contribution is -2.43. The van der Waals surface area contributed by atoms with Crippen molar-refractivity contribution in [2.75, 3.05) is 25.5 Å². The second kappa shape index (κ2) is 6.36. The molecular weight excluding hydrogens is 263 g/mol. The lowest BCUT2D eigenvalue weighted by Gasteiger charge is -2.30. The van der Waals surface area contributed by atoms with Gasteiger partial charge in [0.1, 0.15) is 5.82 Å². The second-order valence-electron chi connectivity index (χ2n) is 4.75. The number of hydrogen-bond acceptors (Lipinski definition) is 3.